The number of nitrogens with zero attached hydrogens (tertiary/aromatic N) is 1. The van der Waals surface area contributed by atoms with Gasteiger partial charge in [0.15, 0.2) is 11.5 Å². The number of hydrogen-bond acceptors (Lipinski definition) is 5. The molecule has 1 aromatic rings. The number of ether oxygens (including phenoxy) is 2. The van der Waals surface area contributed by atoms with Gasteiger partial charge in [-0.15, -0.1) is 0 Å². The molecule has 0 unspecified atom stereocenters. The van der Waals surface area contributed by atoms with Crippen molar-refractivity contribution in [2.45, 2.75) is 26.4 Å². The molecule has 0 atom stereocenters. The van der Waals surface area contributed by atoms with Crippen molar-refractivity contribution >= 4 is 0 Å². The minimum absolute atomic E-state index is 0.227. The SMILES string of the molecule is CC(C)N(C)CCNCc1cc2c(cc1O)OCO2. The number of fused-ring (bicyclic) bond motifs is 1. The van der Waals surface area contributed by atoms with Gasteiger partial charge in [0, 0.05) is 37.3 Å². The van der Waals surface area contributed by atoms with Crippen molar-refractivity contribution < 1.29 is 14.6 Å². The monoisotopic (exact) mass is 266 g/mol. The minimum atomic E-state index is 0.227. The number of nitrogens with one attached hydrogen (secondary N) is 1. The molecule has 0 radical (unpaired) electrons. The zero-order valence-corrected chi connectivity index (χ0v) is 11.8. The van der Waals surface area contributed by atoms with Crippen molar-refractivity contribution in [1.29, 1.82) is 0 Å². The molecule has 1 aliphatic rings. The second-order valence-corrected chi connectivity index (χ2v) is 5.09. The summed E-state index contributed by atoms with van der Waals surface area (Å²) < 4.78 is 10.5. The van der Waals surface area contributed by atoms with Gasteiger partial charge >= 0.3 is 0 Å². The van der Waals surface area contributed by atoms with E-state index in [-0.39, 0.29) is 12.5 Å². The van der Waals surface area contributed by atoms with Crippen LogP contribution >= 0.6 is 0 Å². The molecule has 5 heteroatoms. The molecular formula is C14H22N2O3. The molecule has 0 spiro atoms. The molecule has 0 bridgehead atoms. The summed E-state index contributed by atoms with van der Waals surface area (Å²) in [6.45, 7) is 7.04. The maximum atomic E-state index is 9.89. The van der Waals surface area contributed by atoms with Crippen LogP contribution < -0.4 is 14.8 Å². The first kappa shape index (κ1) is 14.0. The van der Waals surface area contributed by atoms with Crippen molar-refractivity contribution in [2.75, 3.05) is 26.9 Å². The van der Waals surface area contributed by atoms with E-state index in [4.69, 9.17) is 9.47 Å². The third-order valence-corrected chi connectivity index (χ3v) is 3.41. The summed E-state index contributed by atoms with van der Waals surface area (Å²) in [6.07, 6.45) is 0. The molecule has 1 aliphatic heterocycles. The summed E-state index contributed by atoms with van der Waals surface area (Å²) in [5.74, 6) is 1.56. The summed E-state index contributed by atoms with van der Waals surface area (Å²) in [5.41, 5.74) is 0.830. The number of benzene rings is 1. The predicted octanol–water partition coefficient (Wildman–Crippen LogP) is 1.55. The predicted molar refractivity (Wildman–Crippen MR) is 73.7 cm³/mol. The zero-order chi connectivity index (χ0) is 13.8. The van der Waals surface area contributed by atoms with Gasteiger partial charge in [0.05, 0.1) is 0 Å². The highest BCUT2D eigenvalue weighted by Crippen LogP contribution is 2.37. The van der Waals surface area contributed by atoms with E-state index < -0.39 is 0 Å². The van der Waals surface area contributed by atoms with Crippen LogP contribution in [-0.2, 0) is 6.54 Å². The highest BCUT2D eigenvalue weighted by molar-refractivity contribution is 5.51. The van der Waals surface area contributed by atoms with Crippen molar-refractivity contribution in [3.05, 3.63) is 17.7 Å². The summed E-state index contributed by atoms with van der Waals surface area (Å²) >= 11 is 0. The van der Waals surface area contributed by atoms with E-state index in [0.29, 0.717) is 24.1 Å². The van der Waals surface area contributed by atoms with E-state index in [1.165, 1.54) is 0 Å². The van der Waals surface area contributed by atoms with Gasteiger partial charge in [0.1, 0.15) is 5.75 Å². The van der Waals surface area contributed by atoms with Gasteiger partial charge in [-0.1, -0.05) is 0 Å². The fourth-order valence-corrected chi connectivity index (χ4v) is 1.85. The van der Waals surface area contributed by atoms with E-state index in [1.807, 2.05) is 6.07 Å². The Morgan fingerprint density at radius 3 is 2.68 bits per heavy atom. The van der Waals surface area contributed by atoms with Crippen LogP contribution in [0, 0.1) is 0 Å². The zero-order valence-electron chi connectivity index (χ0n) is 11.8. The van der Waals surface area contributed by atoms with Crippen LogP contribution in [0.5, 0.6) is 17.2 Å². The lowest BCUT2D eigenvalue weighted by atomic mass is 10.1. The quantitative estimate of drug-likeness (QED) is 0.765. The standard InChI is InChI=1S/C14H22N2O3/c1-10(2)16(3)5-4-15-8-11-6-13-14(7-12(11)17)19-9-18-13/h6-7,10,15,17H,4-5,8-9H2,1-3H3. The van der Waals surface area contributed by atoms with Gasteiger partial charge in [-0.25, -0.2) is 0 Å². The van der Waals surface area contributed by atoms with E-state index in [1.54, 1.807) is 6.07 Å². The number of phenols is 1. The molecule has 0 aliphatic carbocycles. The second kappa shape index (κ2) is 6.12. The van der Waals surface area contributed by atoms with E-state index in [0.717, 1.165) is 18.7 Å². The lowest BCUT2D eigenvalue weighted by Crippen LogP contribution is -2.33. The first-order valence-corrected chi connectivity index (χ1v) is 6.60. The number of likely N-dealkylation sites (N-methyl/N-ethyl adjacent to an activating group) is 1. The van der Waals surface area contributed by atoms with Gasteiger partial charge in [-0.3, -0.25) is 0 Å². The first-order valence-electron chi connectivity index (χ1n) is 6.60. The smallest absolute Gasteiger partial charge is 0.231 e. The van der Waals surface area contributed by atoms with Crippen LogP contribution in [0.4, 0.5) is 0 Å². The van der Waals surface area contributed by atoms with Gasteiger partial charge in [-0.2, -0.15) is 0 Å². The molecule has 106 valence electrons. The first-order chi connectivity index (χ1) is 9.08. The van der Waals surface area contributed by atoms with Gasteiger partial charge in [0.2, 0.25) is 6.79 Å². The topological polar surface area (TPSA) is 54.0 Å². The Morgan fingerprint density at radius 2 is 2.00 bits per heavy atom. The Labute approximate surface area is 114 Å². The average Bonchev–Trinajstić information content (AvgIpc) is 2.81. The summed E-state index contributed by atoms with van der Waals surface area (Å²) in [4.78, 5) is 2.27. The van der Waals surface area contributed by atoms with E-state index >= 15 is 0 Å². The maximum absolute atomic E-state index is 9.89. The molecule has 1 aromatic carbocycles. The average molecular weight is 266 g/mol. The Hall–Kier alpha value is -1.46. The Bertz CT molecular complexity index is 435. The van der Waals surface area contributed by atoms with Gasteiger partial charge in [0.25, 0.3) is 0 Å². The fraction of sp³-hybridized carbons (Fsp3) is 0.571. The van der Waals surface area contributed by atoms with Crippen LogP contribution in [0.1, 0.15) is 19.4 Å². The van der Waals surface area contributed by atoms with Crippen LogP contribution in [-0.4, -0.2) is 43.0 Å². The van der Waals surface area contributed by atoms with Crippen LogP contribution in [0.15, 0.2) is 12.1 Å². The van der Waals surface area contributed by atoms with Crippen LogP contribution in [0.3, 0.4) is 0 Å². The largest absolute Gasteiger partial charge is 0.507 e. The normalized spacial score (nSPS) is 13.5. The lowest BCUT2D eigenvalue weighted by molar-refractivity contribution is 0.174. The third-order valence-electron chi connectivity index (χ3n) is 3.41. The number of aromatic hydroxyl groups is 1. The van der Waals surface area contributed by atoms with Crippen molar-refractivity contribution in [3.63, 3.8) is 0 Å². The molecule has 2 N–H and O–H groups in total. The minimum Gasteiger partial charge on any atom is -0.507 e. The fourth-order valence-electron chi connectivity index (χ4n) is 1.85. The van der Waals surface area contributed by atoms with Gasteiger partial charge < -0.3 is 24.8 Å². The highest BCUT2D eigenvalue weighted by atomic mass is 16.7. The molecule has 2 rings (SSSR count). The molecule has 19 heavy (non-hydrogen) atoms. The molecule has 0 saturated carbocycles. The molecular weight excluding hydrogens is 244 g/mol. The van der Waals surface area contributed by atoms with E-state index in [2.05, 4.69) is 31.1 Å². The molecule has 0 fully saturated rings. The molecule has 0 aromatic heterocycles. The van der Waals surface area contributed by atoms with Crippen LogP contribution in [0.25, 0.3) is 0 Å². The highest BCUT2D eigenvalue weighted by Gasteiger charge is 2.16. The molecule has 1 heterocycles. The van der Waals surface area contributed by atoms with Gasteiger partial charge in [-0.05, 0) is 27.0 Å². The summed E-state index contributed by atoms with van der Waals surface area (Å²) in [7, 11) is 2.10. The number of phenolic OH excluding ortho intramolecular Hbond substituents is 1. The van der Waals surface area contributed by atoms with Crippen molar-refractivity contribution in [1.82, 2.24) is 10.2 Å². The lowest BCUT2D eigenvalue weighted by Gasteiger charge is -2.21. The van der Waals surface area contributed by atoms with Crippen molar-refractivity contribution in [2.24, 2.45) is 0 Å². The number of hydrogen-bond donors (Lipinski definition) is 2. The second-order valence-electron chi connectivity index (χ2n) is 5.09. The molecule has 0 saturated heterocycles. The number of rotatable bonds is 6. The molecule has 5 nitrogen and oxygen atoms in total. The Balaban J connectivity index is 1.83. The third kappa shape index (κ3) is 3.52. The Kier molecular flexibility index (Phi) is 4.50. The Morgan fingerprint density at radius 1 is 1.32 bits per heavy atom. The van der Waals surface area contributed by atoms with E-state index in [9.17, 15) is 5.11 Å². The summed E-state index contributed by atoms with van der Waals surface area (Å²) in [6, 6.07) is 3.98. The van der Waals surface area contributed by atoms with Crippen molar-refractivity contribution in [3.8, 4) is 17.2 Å². The molecule has 0 amide bonds. The maximum Gasteiger partial charge on any atom is 0.231 e. The summed E-state index contributed by atoms with van der Waals surface area (Å²) in [5, 5.41) is 13.2. The van der Waals surface area contributed by atoms with Crippen LogP contribution in [0.2, 0.25) is 0 Å².